The van der Waals surface area contributed by atoms with Gasteiger partial charge in [0, 0.05) is 16.4 Å². The van der Waals surface area contributed by atoms with E-state index in [1.807, 2.05) is 6.07 Å². The molecule has 0 bridgehead atoms. The lowest BCUT2D eigenvalue weighted by Gasteiger charge is -2.40. The Bertz CT molecular complexity index is 564. The summed E-state index contributed by atoms with van der Waals surface area (Å²) >= 11 is 3.38. The molecule has 1 aliphatic heterocycles. The minimum absolute atomic E-state index is 0.0235. The predicted octanol–water partition coefficient (Wildman–Crippen LogP) is 2.82. The van der Waals surface area contributed by atoms with Crippen molar-refractivity contribution < 1.29 is 8.42 Å². The monoisotopic (exact) mass is 315 g/mol. The molecule has 1 saturated carbocycles. The van der Waals surface area contributed by atoms with Gasteiger partial charge in [-0.15, -0.1) is 0 Å². The number of halogens is 1. The highest BCUT2D eigenvalue weighted by Gasteiger charge is 2.43. The normalized spacial score (nSPS) is 24.3. The highest BCUT2D eigenvalue weighted by atomic mass is 79.9. The summed E-state index contributed by atoms with van der Waals surface area (Å²) in [5, 5.41) is 3.31. The van der Waals surface area contributed by atoms with E-state index < -0.39 is 9.84 Å². The molecule has 5 heteroatoms. The molecule has 1 aromatic carbocycles. The summed E-state index contributed by atoms with van der Waals surface area (Å²) in [6.45, 7) is 0.773. The molecule has 92 valence electrons. The summed E-state index contributed by atoms with van der Waals surface area (Å²) in [5.74, 6) is 0.293. The van der Waals surface area contributed by atoms with Crippen LogP contribution >= 0.6 is 15.9 Å². The smallest absolute Gasteiger partial charge is 0.181 e. The first kappa shape index (κ1) is 11.5. The van der Waals surface area contributed by atoms with Gasteiger partial charge < -0.3 is 5.32 Å². The number of benzene rings is 1. The van der Waals surface area contributed by atoms with Gasteiger partial charge in [-0.05, 0) is 31.0 Å². The molecule has 0 aromatic heterocycles. The Morgan fingerprint density at radius 2 is 2.06 bits per heavy atom. The van der Waals surface area contributed by atoms with E-state index in [4.69, 9.17) is 0 Å². The first-order valence-electron chi connectivity index (χ1n) is 5.77. The Kier molecular flexibility index (Phi) is 2.52. The number of anilines is 1. The van der Waals surface area contributed by atoms with Gasteiger partial charge in [-0.2, -0.15) is 0 Å². The summed E-state index contributed by atoms with van der Waals surface area (Å²) in [6, 6.07) is 5.33. The van der Waals surface area contributed by atoms with Crippen LogP contribution in [0.5, 0.6) is 0 Å². The highest BCUT2D eigenvalue weighted by Crippen LogP contribution is 2.46. The van der Waals surface area contributed by atoms with Crippen molar-refractivity contribution in [2.45, 2.75) is 24.2 Å². The quantitative estimate of drug-likeness (QED) is 0.800. The summed E-state index contributed by atoms with van der Waals surface area (Å²) < 4.78 is 25.6. The van der Waals surface area contributed by atoms with Crippen LogP contribution in [0.3, 0.4) is 0 Å². The third kappa shape index (κ3) is 1.89. The fourth-order valence-corrected chi connectivity index (χ4v) is 5.18. The van der Waals surface area contributed by atoms with Gasteiger partial charge in [-0.25, -0.2) is 8.42 Å². The second-order valence-electron chi connectivity index (χ2n) is 5.11. The van der Waals surface area contributed by atoms with Gasteiger partial charge in [0.1, 0.15) is 0 Å². The number of hydrogen-bond acceptors (Lipinski definition) is 3. The summed E-state index contributed by atoms with van der Waals surface area (Å²) in [6.07, 6.45) is 3.19. The van der Waals surface area contributed by atoms with Crippen molar-refractivity contribution in [3.63, 3.8) is 0 Å². The molecule has 1 fully saturated rings. The summed E-state index contributed by atoms with van der Waals surface area (Å²) in [4.78, 5) is 0.449. The molecule has 0 saturated heterocycles. The second-order valence-corrected chi connectivity index (χ2v) is 7.98. The molecule has 1 aliphatic carbocycles. The van der Waals surface area contributed by atoms with Crippen LogP contribution in [0, 0.1) is 5.41 Å². The summed E-state index contributed by atoms with van der Waals surface area (Å²) in [7, 11) is -3.15. The zero-order valence-electron chi connectivity index (χ0n) is 9.37. The lowest BCUT2D eigenvalue weighted by Crippen LogP contribution is -2.40. The fraction of sp³-hybridized carbons (Fsp3) is 0.500. The zero-order chi connectivity index (χ0) is 12.1. The number of fused-ring (bicyclic) bond motifs is 1. The van der Waals surface area contributed by atoms with Crippen molar-refractivity contribution in [1.29, 1.82) is 0 Å². The van der Waals surface area contributed by atoms with E-state index in [0.29, 0.717) is 10.6 Å². The number of sulfone groups is 1. The number of nitrogens with one attached hydrogen (secondary N) is 1. The molecule has 3 nitrogen and oxygen atoms in total. The predicted molar refractivity (Wildman–Crippen MR) is 71.0 cm³/mol. The third-order valence-corrected chi connectivity index (χ3v) is 6.35. The average Bonchev–Trinajstić information content (AvgIpc) is 2.32. The van der Waals surface area contributed by atoms with Gasteiger partial charge in [0.25, 0.3) is 0 Å². The first-order chi connectivity index (χ1) is 8.01. The van der Waals surface area contributed by atoms with Gasteiger partial charge in [0.2, 0.25) is 0 Å². The topological polar surface area (TPSA) is 46.2 Å². The Morgan fingerprint density at radius 3 is 2.71 bits per heavy atom. The van der Waals surface area contributed by atoms with E-state index in [1.165, 1.54) is 0 Å². The van der Waals surface area contributed by atoms with Crippen molar-refractivity contribution in [1.82, 2.24) is 0 Å². The van der Waals surface area contributed by atoms with Crippen LogP contribution in [0.1, 0.15) is 19.3 Å². The Hall–Kier alpha value is -0.550. The molecular formula is C12H14BrNO2S. The SMILES string of the molecule is O=S1(=O)CC2(CCC2)CNc2cc(Br)ccc21. The van der Waals surface area contributed by atoms with Crippen LogP contribution in [0.4, 0.5) is 5.69 Å². The highest BCUT2D eigenvalue weighted by molar-refractivity contribution is 9.10. The maximum atomic E-state index is 12.4. The maximum absolute atomic E-state index is 12.4. The van der Waals surface area contributed by atoms with Crippen LogP contribution in [-0.2, 0) is 9.84 Å². The van der Waals surface area contributed by atoms with Crippen molar-refractivity contribution >= 4 is 31.5 Å². The van der Waals surface area contributed by atoms with Gasteiger partial charge in [-0.3, -0.25) is 0 Å². The molecule has 1 aromatic rings. The van der Waals surface area contributed by atoms with Crippen LogP contribution < -0.4 is 5.32 Å². The van der Waals surface area contributed by atoms with Crippen LogP contribution in [-0.4, -0.2) is 20.7 Å². The van der Waals surface area contributed by atoms with Crippen LogP contribution in [0.2, 0.25) is 0 Å². The van der Waals surface area contributed by atoms with Crippen molar-refractivity contribution in [2.24, 2.45) is 5.41 Å². The molecule has 1 spiro atoms. The zero-order valence-corrected chi connectivity index (χ0v) is 11.8. The van der Waals surface area contributed by atoms with E-state index in [-0.39, 0.29) is 5.41 Å². The molecule has 2 aliphatic rings. The van der Waals surface area contributed by atoms with Crippen LogP contribution in [0.25, 0.3) is 0 Å². The van der Waals surface area contributed by atoms with E-state index in [9.17, 15) is 8.42 Å². The molecule has 0 atom stereocenters. The molecule has 3 rings (SSSR count). The lowest BCUT2D eigenvalue weighted by molar-refractivity contribution is 0.184. The largest absolute Gasteiger partial charge is 0.383 e. The lowest BCUT2D eigenvalue weighted by atomic mass is 9.70. The van der Waals surface area contributed by atoms with E-state index in [2.05, 4.69) is 21.2 Å². The number of rotatable bonds is 0. The van der Waals surface area contributed by atoms with E-state index >= 15 is 0 Å². The standard InChI is InChI=1S/C12H14BrNO2S/c13-9-2-3-11-10(6-9)14-7-12(4-1-5-12)8-17(11,15)16/h2-3,6,14H,1,4-5,7-8H2. The molecule has 1 heterocycles. The third-order valence-electron chi connectivity index (χ3n) is 3.84. The van der Waals surface area contributed by atoms with Crippen molar-refractivity contribution in [2.75, 3.05) is 17.6 Å². The van der Waals surface area contributed by atoms with Gasteiger partial charge >= 0.3 is 0 Å². The number of hydrogen-bond donors (Lipinski definition) is 1. The Balaban J connectivity index is 2.10. The Morgan fingerprint density at radius 1 is 1.29 bits per heavy atom. The minimum atomic E-state index is -3.15. The van der Waals surface area contributed by atoms with Crippen molar-refractivity contribution in [3.8, 4) is 0 Å². The van der Waals surface area contributed by atoms with Crippen LogP contribution in [0.15, 0.2) is 27.6 Å². The second kappa shape index (κ2) is 3.72. The first-order valence-corrected chi connectivity index (χ1v) is 8.22. The molecule has 0 unspecified atom stereocenters. The molecular weight excluding hydrogens is 302 g/mol. The molecule has 1 N–H and O–H groups in total. The molecule has 0 amide bonds. The molecule has 17 heavy (non-hydrogen) atoms. The van der Waals surface area contributed by atoms with Gasteiger partial charge in [0.15, 0.2) is 9.84 Å². The van der Waals surface area contributed by atoms with E-state index in [1.54, 1.807) is 12.1 Å². The Labute approximate surface area is 110 Å². The van der Waals surface area contributed by atoms with Gasteiger partial charge in [0.05, 0.1) is 16.3 Å². The van der Waals surface area contributed by atoms with E-state index in [0.717, 1.165) is 36.0 Å². The summed E-state index contributed by atoms with van der Waals surface area (Å²) in [5.41, 5.74) is 0.716. The minimum Gasteiger partial charge on any atom is -0.383 e. The average molecular weight is 316 g/mol. The molecule has 0 radical (unpaired) electrons. The van der Waals surface area contributed by atoms with Gasteiger partial charge in [-0.1, -0.05) is 22.4 Å². The fourth-order valence-electron chi connectivity index (χ4n) is 2.72. The maximum Gasteiger partial charge on any atom is 0.181 e. The van der Waals surface area contributed by atoms with Crippen molar-refractivity contribution in [3.05, 3.63) is 22.7 Å².